The zero-order valence-corrected chi connectivity index (χ0v) is 18.5. The van der Waals surface area contributed by atoms with E-state index in [-0.39, 0.29) is 11.6 Å². The summed E-state index contributed by atoms with van der Waals surface area (Å²) >= 11 is 0. The molecule has 0 spiro atoms. The van der Waals surface area contributed by atoms with E-state index < -0.39 is 14.9 Å². The molecule has 0 N–H and O–H groups in total. The van der Waals surface area contributed by atoms with Crippen molar-refractivity contribution in [3.05, 3.63) is 57.0 Å². The predicted octanol–water partition coefficient (Wildman–Crippen LogP) is 2.49. The van der Waals surface area contributed by atoms with Crippen LogP contribution >= 0.6 is 0 Å². The van der Waals surface area contributed by atoms with E-state index in [9.17, 15) is 18.5 Å². The number of nitro benzene ring substituents is 1. The molecular weight excluding hydrogens is 406 g/mol. The molecule has 1 aromatic carbocycles. The van der Waals surface area contributed by atoms with Crippen molar-refractivity contribution in [2.24, 2.45) is 0 Å². The minimum absolute atomic E-state index is 0.0546. The van der Waals surface area contributed by atoms with Crippen molar-refractivity contribution in [3.8, 4) is 0 Å². The van der Waals surface area contributed by atoms with Gasteiger partial charge in [-0.15, -0.1) is 0 Å². The number of piperazine rings is 1. The molecule has 2 heterocycles. The van der Waals surface area contributed by atoms with Gasteiger partial charge in [0.05, 0.1) is 11.2 Å². The molecule has 0 atom stereocenters. The Hall–Kier alpha value is -2.59. The first-order chi connectivity index (χ1) is 14.1. The fourth-order valence-corrected chi connectivity index (χ4v) is 4.33. The van der Waals surface area contributed by atoms with Gasteiger partial charge in [-0.25, -0.2) is 18.4 Å². The van der Waals surface area contributed by atoms with E-state index in [4.69, 9.17) is 4.98 Å². The van der Waals surface area contributed by atoms with Gasteiger partial charge in [0.1, 0.15) is 11.6 Å². The zero-order valence-electron chi connectivity index (χ0n) is 17.7. The molecule has 2 aromatic rings. The average molecular weight is 434 g/mol. The molecule has 0 radical (unpaired) electrons. The summed E-state index contributed by atoms with van der Waals surface area (Å²) in [5.41, 5.74) is 2.81. The Kier molecular flexibility index (Phi) is 6.37. The molecule has 0 saturated carbocycles. The maximum atomic E-state index is 11.8. The lowest BCUT2D eigenvalue weighted by atomic mass is 10.0. The van der Waals surface area contributed by atoms with Crippen LogP contribution in [-0.2, 0) is 16.4 Å². The van der Waals surface area contributed by atoms with Crippen LogP contribution in [0.4, 0.5) is 11.5 Å². The molecule has 30 heavy (non-hydrogen) atoms. The Balaban J connectivity index is 1.93. The van der Waals surface area contributed by atoms with Crippen molar-refractivity contribution in [2.45, 2.75) is 33.1 Å². The zero-order chi connectivity index (χ0) is 22.1. The first kappa shape index (κ1) is 22.1. The quantitative estimate of drug-likeness (QED) is 0.508. The number of hydrogen-bond acceptors (Lipinski definition) is 7. The molecule has 9 nitrogen and oxygen atoms in total. The van der Waals surface area contributed by atoms with E-state index in [0.717, 1.165) is 28.5 Å². The monoisotopic (exact) mass is 433 g/mol. The number of anilines is 1. The second-order valence-corrected chi connectivity index (χ2v) is 9.86. The molecule has 0 amide bonds. The predicted molar refractivity (Wildman–Crippen MR) is 115 cm³/mol. The van der Waals surface area contributed by atoms with Crippen molar-refractivity contribution in [1.29, 1.82) is 0 Å². The van der Waals surface area contributed by atoms with E-state index >= 15 is 0 Å². The molecule has 162 valence electrons. The van der Waals surface area contributed by atoms with Crippen LogP contribution in [0, 0.1) is 17.0 Å². The Morgan fingerprint density at radius 1 is 1.10 bits per heavy atom. The Labute approximate surface area is 177 Å². The molecule has 1 saturated heterocycles. The molecule has 0 unspecified atom stereocenters. The summed E-state index contributed by atoms with van der Waals surface area (Å²) in [5, 5.41) is 10.9. The molecule has 0 bridgehead atoms. The second kappa shape index (κ2) is 8.65. The minimum atomic E-state index is -3.21. The first-order valence-corrected chi connectivity index (χ1v) is 11.7. The summed E-state index contributed by atoms with van der Waals surface area (Å²) in [6.45, 7) is 7.95. The maximum absolute atomic E-state index is 11.8. The Bertz CT molecular complexity index is 1030. The molecule has 1 aliphatic heterocycles. The first-order valence-electron chi connectivity index (χ1n) is 9.87. The Morgan fingerprint density at radius 2 is 1.70 bits per heavy atom. The SMILES string of the molecule is Cc1nc(C(C)C)nc(N2CCN(S(C)(=O)=O)CC2)c1Cc1ccc([N+](=O)[O-])cc1. The number of hydrogen-bond donors (Lipinski definition) is 0. The fourth-order valence-electron chi connectivity index (χ4n) is 3.50. The number of nitrogens with zero attached hydrogens (tertiary/aromatic N) is 5. The maximum Gasteiger partial charge on any atom is 0.269 e. The molecule has 1 aromatic heterocycles. The van der Waals surface area contributed by atoms with Gasteiger partial charge >= 0.3 is 0 Å². The van der Waals surface area contributed by atoms with Gasteiger partial charge < -0.3 is 4.90 Å². The molecule has 1 fully saturated rings. The number of sulfonamides is 1. The van der Waals surface area contributed by atoms with E-state index in [2.05, 4.69) is 9.88 Å². The van der Waals surface area contributed by atoms with Crippen LogP contribution in [0.15, 0.2) is 24.3 Å². The molecule has 10 heteroatoms. The summed E-state index contributed by atoms with van der Waals surface area (Å²) in [6.07, 6.45) is 1.78. The lowest BCUT2D eigenvalue weighted by Crippen LogP contribution is -2.49. The third-order valence-electron chi connectivity index (χ3n) is 5.26. The second-order valence-electron chi connectivity index (χ2n) is 7.87. The van der Waals surface area contributed by atoms with E-state index in [1.165, 1.54) is 22.7 Å². The molecule has 3 rings (SSSR count). The highest BCUT2D eigenvalue weighted by Gasteiger charge is 2.27. The average Bonchev–Trinajstić information content (AvgIpc) is 2.69. The van der Waals surface area contributed by atoms with E-state index in [1.807, 2.05) is 20.8 Å². The van der Waals surface area contributed by atoms with Gasteiger partial charge in [0.25, 0.3) is 5.69 Å². The summed E-state index contributed by atoms with van der Waals surface area (Å²) in [4.78, 5) is 22.1. The fraction of sp³-hybridized carbons (Fsp3) is 0.500. The van der Waals surface area contributed by atoms with Crippen LogP contribution in [0.1, 0.15) is 42.4 Å². The number of rotatable bonds is 6. The molecule has 0 aliphatic carbocycles. The van der Waals surface area contributed by atoms with Crippen LogP contribution < -0.4 is 4.90 Å². The van der Waals surface area contributed by atoms with Crippen LogP contribution in [0.5, 0.6) is 0 Å². The highest BCUT2D eigenvalue weighted by Crippen LogP contribution is 2.28. The van der Waals surface area contributed by atoms with Crippen LogP contribution in [0.2, 0.25) is 0 Å². The summed E-state index contributed by atoms with van der Waals surface area (Å²) in [7, 11) is -3.21. The molecule has 1 aliphatic rings. The van der Waals surface area contributed by atoms with Gasteiger partial charge in [-0.3, -0.25) is 10.1 Å². The van der Waals surface area contributed by atoms with Crippen molar-refractivity contribution >= 4 is 21.5 Å². The van der Waals surface area contributed by atoms with Gasteiger partial charge in [0.15, 0.2) is 0 Å². The summed E-state index contributed by atoms with van der Waals surface area (Å²) in [5.74, 6) is 1.73. The largest absolute Gasteiger partial charge is 0.354 e. The summed E-state index contributed by atoms with van der Waals surface area (Å²) in [6, 6.07) is 6.50. The topological polar surface area (TPSA) is 110 Å². The summed E-state index contributed by atoms with van der Waals surface area (Å²) < 4.78 is 25.2. The number of aromatic nitrogens is 2. The van der Waals surface area contributed by atoms with Gasteiger partial charge in [-0.05, 0) is 12.5 Å². The molecular formula is C20H27N5O4S. The number of nitro groups is 1. The van der Waals surface area contributed by atoms with Crippen molar-refractivity contribution in [2.75, 3.05) is 37.3 Å². The lowest BCUT2D eigenvalue weighted by Gasteiger charge is -2.35. The van der Waals surface area contributed by atoms with Crippen molar-refractivity contribution in [1.82, 2.24) is 14.3 Å². The number of benzene rings is 1. The minimum Gasteiger partial charge on any atom is -0.354 e. The van der Waals surface area contributed by atoms with Crippen LogP contribution in [0.25, 0.3) is 0 Å². The highest BCUT2D eigenvalue weighted by molar-refractivity contribution is 7.88. The standard InChI is InChI=1S/C20H27N5O4S/c1-14(2)19-21-15(3)18(13-16-5-7-17(8-6-16)25(26)27)20(22-19)23-9-11-24(12-10-23)30(4,28)29/h5-8,14H,9-13H2,1-4H3. The van der Waals surface area contributed by atoms with Crippen molar-refractivity contribution in [3.63, 3.8) is 0 Å². The number of aryl methyl sites for hydroxylation is 1. The highest BCUT2D eigenvalue weighted by atomic mass is 32.2. The third-order valence-corrected chi connectivity index (χ3v) is 6.56. The van der Waals surface area contributed by atoms with Gasteiger partial charge in [0, 0.05) is 61.9 Å². The van der Waals surface area contributed by atoms with Gasteiger partial charge in [0.2, 0.25) is 10.0 Å². The van der Waals surface area contributed by atoms with Gasteiger partial charge in [-0.1, -0.05) is 26.0 Å². The lowest BCUT2D eigenvalue weighted by molar-refractivity contribution is -0.384. The Morgan fingerprint density at radius 3 is 2.20 bits per heavy atom. The number of non-ortho nitro benzene ring substituents is 1. The van der Waals surface area contributed by atoms with Crippen LogP contribution in [0.3, 0.4) is 0 Å². The van der Waals surface area contributed by atoms with Gasteiger partial charge in [-0.2, -0.15) is 4.31 Å². The third kappa shape index (κ3) is 4.93. The van der Waals surface area contributed by atoms with E-state index in [0.29, 0.717) is 32.6 Å². The van der Waals surface area contributed by atoms with E-state index in [1.54, 1.807) is 12.1 Å². The van der Waals surface area contributed by atoms with Crippen molar-refractivity contribution < 1.29 is 13.3 Å². The normalized spacial score (nSPS) is 15.6. The van der Waals surface area contributed by atoms with Crippen LogP contribution in [-0.4, -0.2) is 60.0 Å². The smallest absolute Gasteiger partial charge is 0.269 e.